The molecule has 0 saturated carbocycles. The summed E-state index contributed by atoms with van der Waals surface area (Å²) in [6, 6.07) is 13.2. The molecule has 0 radical (unpaired) electrons. The summed E-state index contributed by atoms with van der Waals surface area (Å²) in [7, 11) is 0. The molecule has 3 rings (SSSR count). The van der Waals surface area contributed by atoms with E-state index in [0.717, 1.165) is 11.3 Å². The van der Waals surface area contributed by atoms with Crippen molar-refractivity contribution in [2.24, 2.45) is 0 Å². The highest BCUT2D eigenvalue weighted by Crippen LogP contribution is 2.23. The molecule has 0 saturated heterocycles. The number of benzene rings is 2. The van der Waals surface area contributed by atoms with Crippen molar-refractivity contribution < 1.29 is 22.7 Å². The van der Waals surface area contributed by atoms with Crippen LogP contribution < -0.4 is 10.1 Å². The van der Waals surface area contributed by atoms with Gasteiger partial charge in [0, 0.05) is 18.9 Å². The van der Waals surface area contributed by atoms with Crippen LogP contribution in [0.2, 0.25) is 0 Å². The lowest BCUT2D eigenvalue weighted by Crippen LogP contribution is -2.24. The predicted octanol–water partition coefficient (Wildman–Crippen LogP) is 4.49. The Balaban J connectivity index is 1.51. The Labute approximate surface area is 169 Å². The fraction of sp³-hybridized carbons (Fsp3) is 0.200. The minimum Gasteiger partial charge on any atom is -0.406 e. The number of para-hydroxylation sites is 1. The molecule has 0 aliphatic carbocycles. The third-order valence-electron chi connectivity index (χ3n) is 3.96. The van der Waals surface area contributed by atoms with Crippen molar-refractivity contribution in [2.75, 3.05) is 5.75 Å². The van der Waals surface area contributed by atoms with Crippen LogP contribution in [0.1, 0.15) is 11.1 Å². The highest BCUT2D eigenvalue weighted by Gasteiger charge is 2.30. The number of thioether (sulfide) groups is 1. The van der Waals surface area contributed by atoms with Gasteiger partial charge in [0.1, 0.15) is 5.75 Å². The summed E-state index contributed by atoms with van der Waals surface area (Å²) in [5, 5.41) is 3.44. The van der Waals surface area contributed by atoms with Gasteiger partial charge in [-0.25, -0.2) is 4.98 Å². The van der Waals surface area contributed by atoms with Gasteiger partial charge in [0.15, 0.2) is 5.16 Å². The highest BCUT2D eigenvalue weighted by molar-refractivity contribution is 7.99. The molecule has 3 aromatic rings. The van der Waals surface area contributed by atoms with Crippen molar-refractivity contribution in [1.82, 2.24) is 14.9 Å². The Kier molecular flexibility index (Phi) is 6.48. The predicted molar refractivity (Wildman–Crippen MR) is 104 cm³/mol. The summed E-state index contributed by atoms with van der Waals surface area (Å²) in [6.45, 7) is 2.21. The van der Waals surface area contributed by atoms with Crippen molar-refractivity contribution in [3.05, 3.63) is 72.1 Å². The fourth-order valence-corrected chi connectivity index (χ4v) is 3.40. The number of nitrogens with one attached hydrogen (secondary N) is 1. The largest absolute Gasteiger partial charge is 0.573 e. The summed E-state index contributed by atoms with van der Waals surface area (Å²) in [6.07, 6.45) is -1.21. The van der Waals surface area contributed by atoms with Gasteiger partial charge in [-0.3, -0.25) is 9.36 Å². The molecule has 9 heteroatoms. The maximum atomic E-state index is 12.2. The SMILES string of the molecule is Cc1ccccc1-n1ccnc1SCC(=O)NCc1ccc(OC(F)(F)F)cc1. The normalized spacial score (nSPS) is 11.3. The molecule has 0 aliphatic heterocycles. The van der Waals surface area contributed by atoms with E-state index in [4.69, 9.17) is 0 Å². The van der Waals surface area contributed by atoms with Crippen LogP contribution in [0.5, 0.6) is 5.75 Å². The van der Waals surface area contributed by atoms with Crippen molar-refractivity contribution in [3.63, 3.8) is 0 Å². The number of nitrogens with zero attached hydrogens (tertiary/aromatic N) is 2. The standard InChI is InChI=1S/C20H18F3N3O2S/c1-14-4-2-3-5-17(14)26-11-10-24-19(26)29-13-18(27)25-12-15-6-8-16(9-7-15)28-20(21,22)23/h2-11H,12-13H2,1H3,(H,25,27). The molecule has 0 bridgehead atoms. The number of ether oxygens (including phenoxy) is 1. The quantitative estimate of drug-likeness (QED) is 0.572. The first-order chi connectivity index (χ1) is 13.8. The topological polar surface area (TPSA) is 56.2 Å². The van der Waals surface area contributed by atoms with Crippen LogP contribution in [0.3, 0.4) is 0 Å². The van der Waals surface area contributed by atoms with Crippen LogP contribution in [0.15, 0.2) is 66.1 Å². The lowest BCUT2D eigenvalue weighted by Gasteiger charge is -2.11. The number of rotatable bonds is 7. The van der Waals surface area contributed by atoms with E-state index in [1.54, 1.807) is 6.20 Å². The molecule has 1 aromatic heterocycles. The molecule has 1 heterocycles. The lowest BCUT2D eigenvalue weighted by molar-refractivity contribution is -0.274. The number of aryl methyl sites for hydroxylation is 1. The van der Waals surface area contributed by atoms with Gasteiger partial charge >= 0.3 is 6.36 Å². The van der Waals surface area contributed by atoms with E-state index in [1.807, 2.05) is 42.0 Å². The van der Waals surface area contributed by atoms with Gasteiger partial charge in [-0.1, -0.05) is 42.1 Å². The van der Waals surface area contributed by atoms with Gasteiger partial charge in [0.2, 0.25) is 5.91 Å². The van der Waals surface area contributed by atoms with E-state index in [1.165, 1.54) is 36.0 Å². The Bertz CT molecular complexity index is 972. The van der Waals surface area contributed by atoms with Gasteiger partial charge in [0.05, 0.1) is 11.4 Å². The average Bonchev–Trinajstić information content (AvgIpc) is 3.13. The molecule has 0 spiro atoms. The lowest BCUT2D eigenvalue weighted by atomic mass is 10.2. The first-order valence-corrected chi connectivity index (χ1v) is 9.64. The Morgan fingerprint density at radius 3 is 2.59 bits per heavy atom. The molecular weight excluding hydrogens is 403 g/mol. The van der Waals surface area contributed by atoms with Crippen LogP contribution in [-0.2, 0) is 11.3 Å². The number of amides is 1. The van der Waals surface area contributed by atoms with Crippen LogP contribution >= 0.6 is 11.8 Å². The first-order valence-electron chi connectivity index (χ1n) is 8.65. The number of alkyl halides is 3. The van der Waals surface area contributed by atoms with Crippen molar-refractivity contribution in [2.45, 2.75) is 25.0 Å². The van der Waals surface area contributed by atoms with Crippen LogP contribution in [0, 0.1) is 6.92 Å². The van der Waals surface area contributed by atoms with E-state index in [9.17, 15) is 18.0 Å². The van der Waals surface area contributed by atoms with Crippen molar-refractivity contribution >= 4 is 17.7 Å². The molecule has 0 fully saturated rings. The van der Waals surface area contributed by atoms with E-state index < -0.39 is 6.36 Å². The third kappa shape index (κ3) is 6.02. The van der Waals surface area contributed by atoms with E-state index >= 15 is 0 Å². The molecule has 1 N–H and O–H groups in total. The van der Waals surface area contributed by atoms with Gasteiger partial charge < -0.3 is 10.1 Å². The van der Waals surface area contributed by atoms with E-state index in [-0.39, 0.29) is 24.0 Å². The first kappa shape index (κ1) is 20.8. The van der Waals surface area contributed by atoms with E-state index in [2.05, 4.69) is 15.0 Å². The van der Waals surface area contributed by atoms with Crippen molar-refractivity contribution in [1.29, 1.82) is 0 Å². The number of hydrogen-bond donors (Lipinski definition) is 1. The molecule has 29 heavy (non-hydrogen) atoms. The number of imidazole rings is 1. The summed E-state index contributed by atoms with van der Waals surface area (Å²) in [5.41, 5.74) is 2.75. The molecular formula is C20H18F3N3O2S. The van der Waals surface area contributed by atoms with Crippen molar-refractivity contribution in [3.8, 4) is 11.4 Å². The van der Waals surface area contributed by atoms with Gasteiger partial charge in [-0.15, -0.1) is 13.2 Å². The molecule has 1 amide bonds. The van der Waals surface area contributed by atoms with Crippen LogP contribution in [0.4, 0.5) is 13.2 Å². The minimum absolute atomic E-state index is 0.165. The Morgan fingerprint density at radius 1 is 1.17 bits per heavy atom. The van der Waals surface area contributed by atoms with Crippen LogP contribution in [0.25, 0.3) is 5.69 Å². The third-order valence-corrected chi connectivity index (χ3v) is 4.93. The average molecular weight is 421 g/mol. The number of carbonyl (C=O) groups excluding carboxylic acids is 1. The molecule has 5 nitrogen and oxygen atoms in total. The summed E-state index contributed by atoms with van der Waals surface area (Å²) < 4.78 is 42.2. The number of carbonyl (C=O) groups is 1. The van der Waals surface area contributed by atoms with Crippen LogP contribution in [-0.4, -0.2) is 27.6 Å². The van der Waals surface area contributed by atoms with E-state index in [0.29, 0.717) is 10.7 Å². The molecule has 152 valence electrons. The minimum atomic E-state index is -4.73. The number of hydrogen-bond acceptors (Lipinski definition) is 4. The van der Waals surface area contributed by atoms with Gasteiger partial charge in [0.25, 0.3) is 0 Å². The summed E-state index contributed by atoms with van der Waals surface area (Å²) >= 11 is 1.30. The molecule has 2 aromatic carbocycles. The maximum absolute atomic E-state index is 12.2. The molecule has 0 aliphatic rings. The molecule has 0 atom stereocenters. The zero-order valence-corrected chi connectivity index (χ0v) is 16.3. The second kappa shape index (κ2) is 9.04. The fourth-order valence-electron chi connectivity index (χ4n) is 2.60. The monoisotopic (exact) mass is 421 g/mol. The number of halogens is 3. The highest BCUT2D eigenvalue weighted by atomic mass is 32.2. The zero-order chi connectivity index (χ0) is 20.9. The summed E-state index contributed by atoms with van der Waals surface area (Å²) in [5.74, 6) is -0.339. The second-order valence-electron chi connectivity index (χ2n) is 6.12. The van der Waals surface area contributed by atoms with Gasteiger partial charge in [-0.2, -0.15) is 0 Å². The second-order valence-corrected chi connectivity index (χ2v) is 7.07. The zero-order valence-electron chi connectivity index (χ0n) is 15.4. The maximum Gasteiger partial charge on any atom is 0.573 e. The molecule has 0 unspecified atom stereocenters. The summed E-state index contributed by atoms with van der Waals surface area (Å²) in [4.78, 5) is 16.4. The Morgan fingerprint density at radius 2 is 1.90 bits per heavy atom. The Hall–Kier alpha value is -2.94. The van der Waals surface area contributed by atoms with Gasteiger partial charge in [-0.05, 0) is 36.2 Å². The smallest absolute Gasteiger partial charge is 0.406 e. The number of aromatic nitrogens is 2.